The van der Waals surface area contributed by atoms with Crippen molar-refractivity contribution in [2.24, 2.45) is 0 Å². The lowest BCUT2D eigenvalue weighted by atomic mass is 10.2. The highest BCUT2D eigenvalue weighted by Gasteiger charge is 1.98. The van der Waals surface area contributed by atoms with Gasteiger partial charge in [-0.3, -0.25) is 4.79 Å². The summed E-state index contributed by atoms with van der Waals surface area (Å²) in [6.45, 7) is 0.469. The zero-order chi connectivity index (χ0) is 11.1. The SMILES string of the molecule is O=C(O)CCCCOc1cccc(O)c1. The molecule has 0 aliphatic carbocycles. The van der Waals surface area contributed by atoms with Crippen molar-refractivity contribution in [1.29, 1.82) is 0 Å². The van der Waals surface area contributed by atoms with Gasteiger partial charge < -0.3 is 14.9 Å². The van der Waals surface area contributed by atoms with E-state index in [1.165, 1.54) is 6.07 Å². The Bertz CT molecular complexity index is 322. The van der Waals surface area contributed by atoms with Crippen LogP contribution in [0.25, 0.3) is 0 Å². The van der Waals surface area contributed by atoms with E-state index in [0.717, 1.165) is 0 Å². The van der Waals surface area contributed by atoms with Gasteiger partial charge in [0.1, 0.15) is 11.5 Å². The topological polar surface area (TPSA) is 66.8 Å². The summed E-state index contributed by atoms with van der Waals surface area (Å²) < 4.78 is 5.32. The monoisotopic (exact) mass is 210 g/mol. The first-order chi connectivity index (χ1) is 7.18. The van der Waals surface area contributed by atoms with Crippen molar-refractivity contribution in [3.63, 3.8) is 0 Å². The quantitative estimate of drug-likeness (QED) is 0.705. The van der Waals surface area contributed by atoms with Gasteiger partial charge in [-0.25, -0.2) is 0 Å². The Labute approximate surface area is 88.1 Å². The van der Waals surface area contributed by atoms with Gasteiger partial charge in [-0.2, -0.15) is 0 Å². The van der Waals surface area contributed by atoms with Crippen LogP contribution in [0.3, 0.4) is 0 Å². The average Bonchev–Trinajstić information content (AvgIpc) is 2.17. The van der Waals surface area contributed by atoms with Crippen LogP contribution < -0.4 is 4.74 Å². The summed E-state index contributed by atoms with van der Waals surface area (Å²) in [5, 5.41) is 17.5. The van der Waals surface area contributed by atoms with E-state index >= 15 is 0 Å². The van der Waals surface area contributed by atoms with E-state index in [1.54, 1.807) is 18.2 Å². The van der Waals surface area contributed by atoms with Gasteiger partial charge in [0.25, 0.3) is 0 Å². The largest absolute Gasteiger partial charge is 0.508 e. The first kappa shape index (κ1) is 11.4. The van der Waals surface area contributed by atoms with Crippen LogP contribution in [0, 0.1) is 0 Å². The van der Waals surface area contributed by atoms with Crippen molar-refractivity contribution in [3.8, 4) is 11.5 Å². The van der Waals surface area contributed by atoms with Crippen molar-refractivity contribution in [3.05, 3.63) is 24.3 Å². The molecule has 0 spiro atoms. The summed E-state index contributed by atoms with van der Waals surface area (Å²) >= 11 is 0. The Morgan fingerprint density at radius 1 is 1.33 bits per heavy atom. The summed E-state index contributed by atoms with van der Waals surface area (Å²) in [5.74, 6) is -0.0179. The molecule has 0 fully saturated rings. The number of rotatable bonds is 6. The van der Waals surface area contributed by atoms with Gasteiger partial charge in [0, 0.05) is 12.5 Å². The fourth-order valence-corrected chi connectivity index (χ4v) is 1.14. The molecule has 0 saturated carbocycles. The van der Waals surface area contributed by atoms with E-state index in [0.29, 0.717) is 25.2 Å². The van der Waals surface area contributed by atoms with Gasteiger partial charge in [-0.1, -0.05) is 6.07 Å². The van der Waals surface area contributed by atoms with E-state index in [-0.39, 0.29) is 12.2 Å². The molecular weight excluding hydrogens is 196 g/mol. The van der Waals surface area contributed by atoms with Gasteiger partial charge in [0.2, 0.25) is 0 Å². The lowest BCUT2D eigenvalue weighted by molar-refractivity contribution is -0.137. The molecule has 0 bridgehead atoms. The van der Waals surface area contributed by atoms with E-state index < -0.39 is 5.97 Å². The normalized spacial score (nSPS) is 9.87. The number of unbranched alkanes of at least 4 members (excludes halogenated alkanes) is 1. The fraction of sp³-hybridized carbons (Fsp3) is 0.364. The van der Waals surface area contributed by atoms with Gasteiger partial charge in [0.15, 0.2) is 0 Å². The van der Waals surface area contributed by atoms with Crippen molar-refractivity contribution >= 4 is 5.97 Å². The highest BCUT2D eigenvalue weighted by Crippen LogP contribution is 2.17. The zero-order valence-corrected chi connectivity index (χ0v) is 8.35. The number of carboxylic acid groups (broad SMARTS) is 1. The second-order valence-electron chi connectivity index (χ2n) is 3.20. The lowest BCUT2D eigenvalue weighted by Gasteiger charge is -2.05. The summed E-state index contributed by atoms with van der Waals surface area (Å²) in [6, 6.07) is 6.54. The summed E-state index contributed by atoms with van der Waals surface area (Å²) in [5.41, 5.74) is 0. The predicted octanol–water partition coefficient (Wildman–Crippen LogP) is 2.03. The maximum absolute atomic E-state index is 10.2. The molecule has 4 nitrogen and oxygen atoms in total. The van der Waals surface area contributed by atoms with E-state index in [4.69, 9.17) is 14.9 Å². The number of hydrogen-bond acceptors (Lipinski definition) is 3. The third kappa shape index (κ3) is 4.90. The summed E-state index contributed by atoms with van der Waals surface area (Å²) in [6.07, 6.45) is 1.47. The number of phenols is 1. The second kappa shape index (κ2) is 5.90. The Hall–Kier alpha value is -1.71. The number of aliphatic carboxylic acids is 1. The molecule has 0 aliphatic heterocycles. The van der Waals surface area contributed by atoms with Crippen LogP contribution in [0.15, 0.2) is 24.3 Å². The van der Waals surface area contributed by atoms with Crippen LogP contribution in [0.2, 0.25) is 0 Å². The number of hydrogen-bond donors (Lipinski definition) is 2. The van der Waals surface area contributed by atoms with Crippen molar-refractivity contribution in [1.82, 2.24) is 0 Å². The van der Waals surface area contributed by atoms with E-state index in [9.17, 15) is 4.79 Å². The maximum atomic E-state index is 10.2. The average molecular weight is 210 g/mol. The van der Waals surface area contributed by atoms with Gasteiger partial charge in [0.05, 0.1) is 6.61 Å². The predicted molar refractivity (Wildman–Crippen MR) is 55.1 cm³/mol. The van der Waals surface area contributed by atoms with Crippen LogP contribution in [-0.4, -0.2) is 22.8 Å². The summed E-state index contributed by atoms with van der Waals surface area (Å²) in [4.78, 5) is 10.2. The van der Waals surface area contributed by atoms with Crippen molar-refractivity contribution < 1.29 is 19.7 Å². The first-order valence-electron chi connectivity index (χ1n) is 4.82. The molecule has 2 N–H and O–H groups in total. The first-order valence-corrected chi connectivity index (χ1v) is 4.82. The lowest BCUT2D eigenvalue weighted by Crippen LogP contribution is -2.00. The molecule has 1 rings (SSSR count). The summed E-state index contributed by atoms with van der Waals surface area (Å²) in [7, 11) is 0. The third-order valence-electron chi connectivity index (χ3n) is 1.87. The molecule has 0 radical (unpaired) electrons. The van der Waals surface area contributed by atoms with Crippen molar-refractivity contribution in [2.45, 2.75) is 19.3 Å². The number of aromatic hydroxyl groups is 1. The zero-order valence-electron chi connectivity index (χ0n) is 8.35. The molecule has 82 valence electrons. The van der Waals surface area contributed by atoms with Crippen LogP contribution in [0.1, 0.15) is 19.3 Å². The molecule has 4 heteroatoms. The van der Waals surface area contributed by atoms with Crippen LogP contribution in [0.4, 0.5) is 0 Å². The standard InChI is InChI=1S/C11H14O4/c12-9-4-3-5-10(8-9)15-7-2-1-6-11(13)14/h3-5,8,12H,1-2,6-7H2,(H,13,14). The molecule has 1 aromatic rings. The number of carbonyl (C=O) groups is 1. The molecule has 0 atom stereocenters. The molecule has 0 saturated heterocycles. The highest BCUT2D eigenvalue weighted by molar-refractivity contribution is 5.66. The van der Waals surface area contributed by atoms with Gasteiger partial charge in [-0.15, -0.1) is 0 Å². The Kier molecular flexibility index (Phi) is 4.47. The Morgan fingerprint density at radius 2 is 2.13 bits per heavy atom. The number of carboxylic acids is 1. The minimum atomic E-state index is -0.785. The van der Waals surface area contributed by atoms with Crippen LogP contribution in [-0.2, 0) is 4.79 Å². The van der Waals surface area contributed by atoms with E-state index in [2.05, 4.69) is 0 Å². The third-order valence-corrected chi connectivity index (χ3v) is 1.87. The molecule has 0 aromatic heterocycles. The van der Waals surface area contributed by atoms with Gasteiger partial charge >= 0.3 is 5.97 Å². The number of benzene rings is 1. The molecule has 0 heterocycles. The molecule has 0 unspecified atom stereocenters. The fourth-order valence-electron chi connectivity index (χ4n) is 1.14. The Balaban J connectivity index is 2.17. The maximum Gasteiger partial charge on any atom is 0.303 e. The molecule has 1 aromatic carbocycles. The van der Waals surface area contributed by atoms with Crippen LogP contribution >= 0.6 is 0 Å². The number of ether oxygens (including phenoxy) is 1. The van der Waals surface area contributed by atoms with Crippen LogP contribution in [0.5, 0.6) is 11.5 Å². The molecule has 0 aliphatic rings. The smallest absolute Gasteiger partial charge is 0.303 e. The van der Waals surface area contributed by atoms with Gasteiger partial charge in [-0.05, 0) is 25.0 Å². The number of phenolic OH excluding ortho intramolecular Hbond substituents is 1. The molecule has 0 amide bonds. The second-order valence-corrected chi connectivity index (χ2v) is 3.20. The minimum absolute atomic E-state index is 0.165. The van der Waals surface area contributed by atoms with Crippen molar-refractivity contribution in [2.75, 3.05) is 6.61 Å². The Morgan fingerprint density at radius 3 is 2.80 bits per heavy atom. The highest BCUT2D eigenvalue weighted by atomic mass is 16.5. The van der Waals surface area contributed by atoms with E-state index in [1.807, 2.05) is 0 Å². The molecule has 15 heavy (non-hydrogen) atoms. The molecular formula is C11H14O4. The minimum Gasteiger partial charge on any atom is -0.508 e.